The zero-order valence-corrected chi connectivity index (χ0v) is 12.2. The number of benzene rings is 1. The van der Waals surface area contributed by atoms with Crippen LogP contribution < -0.4 is 5.32 Å². The Labute approximate surface area is 122 Å². The lowest BCUT2D eigenvalue weighted by Crippen LogP contribution is -2.27. The lowest BCUT2D eigenvalue weighted by molar-refractivity contribution is 0.447. The summed E-state index contributed by atoms with van der Waals surface area (Å²) in [5.74, 6) is 0.905. The van der Waals surface area contributed by atoms with Crippen molar-refractivity contribution in [3.05, 3.63) is 59.7 Å². The quantitative estimate of drug-likeness (QED) is 0.920. The van der Waals surface area contributed by atoms with Crippen molar-refractivity contribution in [3.8, 4) is 0 Å². The summed E-state index contributed by atoms with van der Waals surface area (Å²) in [5, 5.41) is 3.60. The molecule has 1 aromatic heterocycles. The first-order valence-electron chi connectivity index (χ1n) is 6.82. The molecule has 2 atom stereocenters. The van der Waals surface area contributed by atoms with Gasteiger partial charge in [0.2, 0.25) is 0 Å². The zero-order chi connectivity index (χ0) is 13.9. The van der Waals surface area contributed by atoms with E-state index in [2.05, 4.69) is 23.3 Å². The van der Waals surface area contributed by atoms with Gasteiger partial charge in [-0.2, -0.15) is 0 Å². The van der Waals surface area contributed by atoms with Crippen LogP contribution in [0.5, 0.6) is 0 Å². The molecule has 0 radical (unpaired) electrons. The Balaban J connectivity index is 1.81. The fourth-order valence-electron chi connectivity index (χ4n) is 2.57. The van der Waals surface area contributed by atoms with Gasteiger partial charge in [0.25, 0.3) is 0 Å². The number of hydrogen-bond donors (Lipinski definition) is 1. The third-order valence-corrected chi connectivity index (χ3v) is 4.77. The fourth-order valence-corrected chi connectivity index (χ4v) is 3.67. The van der Waals surface area contributed by atoms with E-state index in [-0.39, 0.29) is 17.9 Å². The molecule has 0 aliphatic carbocycles. The highest BCUT2D eigenvalue weighted by Crippen LogP contribution is 2.37. The maximum absolute atomic E-state index is 13.5. The lowest BCUT2D eigenvalue weighted by Gasteiger charge is -2.29. The lowest BCUT2D eigenvalue weighted by atomic mass is 10.0. The minimum absolute atomic E-state index is 0.160. The highest BCUT2D eigenvalue weighted by atomic mass is 32.2. The molecule has 2 nitrogen and oxygen atoms in total. The molecule has 3 rings (SSSR count). The Kier molecular flexibility index (Phi) is 4.03. The molecule has 1 aliphatic heterocycles. The molecule has 0 fully saturated rings. The summed E-state index contributed by atoms with van der Waals surface area (Å²) in [7, 11) is 0. The van der Waals surface area contributed by atoms with E-state index in [0.717, 1.165) is 23.3 Å². The van der Waals surface area contributed by atoms with Gasteiger partial charge < -0.3 is 5.32 Å². The minimum atomic E-state index is -0.160. The molecule has 20 heavy (non-hydrogen) atoms. The van der Waals surface area contributed by atoms with Crippen molar-refractivity contribution < 1.29 is 4.39 Å². The maximum Gasteiger partial charge on any atom is 0.123 e. The van der Waals surface area contributed by atoms with Crippen LogP contribution in [0.15, 0.2) is 47.6 Å². The average Bonchev–Trinajstić information content (AvgIpc) is 2.49. The van der Waals surface area contributed by atoms with Crippen molar-refractivity contribution in [1.82, 2.24) is 10.3 Å². The first-order valence-corrected chi connectivity index (χ1v) is 7.81. The van der Waals surface area contributed by atoms with Crippen LogP contribution in [0, 0.1) is 5.82 Å². The van der Waals surface area contributed by atoms with E-state index in [4.69, 9.17) is 0 Å². The molecule has 0 saturated heterocycles. The Bertz CT molecular complexity index is 588. The van der Waals surface area contributed by atoms with E-state index in [1.165, 1.54) is 4.90 Å². The van der Waals surface area contributed by atoms with Crippen LogP contribution in [0.2, 0.25) is 0 Å². The minimum Gasteiger partial charge on any atom is -0.303 e. The number of aromatic nitrogens is 1. The van der Waals surface area contributed by atoms with E-state index in [9.17, 15) is 4.39 Å². The molecule has 0 spiro atoms. The third kappa shape index (κ3) is 2.86. The Morgan fingerprint density at radius 2 is 2.30 bits per heavy atom. The van der Waals surface area contributed by atoms with E-state index in [1.807, 2.05) is 18.3 Å². The predicted octanol–water partition coefficient (Wildman–Crippen LogP) is 4.11. The summed E-state index contributed by atoms with van der Waals surface area (Å²) in [6.45, 7) is 2.12. The molecule has 1 aliphatic rings. The van der Waals surface area contributed by atoms with Gasteiger partial charge in [-0.05, 0) is 54.5 Å². The number of nitrogens with zero attached hydrogens (tertiary/aromatic N) is 1. The smallest absolute Gasteiger partial charge is 0.123 e. The number of nitrogens with one attached hydrogen (secondary N) is 1. The van der Waals surface area contributed by atoms with Crippen molar-refractivity contribution >= 4 is 11.8 Å². The molecule has 1 N–H and O–H groups in total. The summed E-state index contributed by atoms with van der Waals surface area (Å²) in [6, 6.07) is 9.50. The van der Waals surface area contributed by atoms with Crippen LogP contribution in [0.3, 0.4) is 0 Å². The van der Waals surface area contributed by atoms with Gasteiger partial charge in [0, 0.05) is 29.4 Å². The first-order chi connectivity index (χ1) is 9.74. The molecular weight excluding hydrogens is 271 g/mol. The molecule has 104 valence electrons. The van der Waals surface area contributed by atoms with Crippen molar-refractivity contribution in [3.63, 3.8) is 0 Å². The molecular formula is C16H17FN2S. The van der Waals surface area contributed by atoms with Crippen LogP contribution in [0.25, 0.3) is 0 Å². The van der Waals surface area contributed by atoms with E-state index in [0.29, 0.717) is 0 Å². The molecule has 2 unspecified atom stereocenters. The van der Waals surface area contributed by atoms with E-state index >= 15 is 0 Å². The molecule has 0 amide bonds. The topological polar surface area (TPSA) is 24.9 Å². The van der Waals surface area contributed by atoms with E-state index in [1.54, 1.807) is 30.1 Å². The SMILES string of the molecule is CC(NC1CCSc2ccc(F)cc21)c1cccnc1. The van der Waals surface area contributed by atoms with Gasteiger partial charge in [-0.25, -0.2) is 4.39 Å². The van der Waals surface area contributed by atoms with Crippen LogP contribution in [0.4, 0.5) is 4.39 Å². The monoisotopic (exact) mass is 288 g/mol. The first kappa shape index (κ1) is 13.6. The van der Waals surface area contributed by atoms with Crippen molar-refractivity contribution in [2.45, 2.75) is 30.3 Å². The number of fused-ring (bicyclic) bond motifs is 1. The maximum atomic E-state index is 13.5. The summed E-state index contributed by atoms with van der Waals surface area (Å²) >= 11 is 1.81. The molecule has 1 aromatic carbocycles. The summed E-state index contributed by atoms with van der Waals surface area (Å²) in [6.07, 6.45) is 4.67. The fraction of sp³-hybridized carbons (Fsp3) is 0.312. The highest BCUT2D eigenvalue weighted by Gasteiger charge is 2.22. The Hall–Kier alpha value is -1.39. The molecule has 4 heteroatoms. The van der Waals surface area contributed by atoms with Gasteiger partial charge in [-0.3, -0.25) is 4.98 Å². The number of pyridine rings is 1. The molecule has 2 heterocycles. The highest BCUT2D eigenvalue weighted by molar-refractivity contribution is 7.99. The van der Waals surface area contributed by atoms with Gasteiger partial charge >= 0.3 is 0 Å². The third-order valence-electron chi connectivity index (χ3n) is 3.65. The Morgan fingerprint density at radius 1 is 1.40 bits per heavy atom. The molecule has 0 bridgehead atoms. The standard InChI is InChI=1S/C16H17FN2S/c1-11(12-3-2-7-18-10-12)19-15-6-8-20-16-5-4-13(17)9-14(15)16/h2-5,7,9-11,15,19H,6,8H2,1H3. The normalized spacial score (nSPS) is 19.4. The summed E-state index contributed by atoms with van der Waals surface area (Å²) in [5.41, 5.74) is 2.24. The van der Waals surface area contributed by atoms with Gasteiger partial charge in [-0.15, -0.1) is 11.8 Å². The largest absolute Gasteiger partial charge is 0.303 e. The Morgan fingerprint density at radius 3 is 3.10 bits per heavy atom. The predicted molar refractivity (Wildman–Crippen MR) is 80.3 cm³/mol. The number of rotatable bonds is 3. The van der Waals surface area contributed by atoms with Crippen LogP contribution in [0.1, 0.15) is 36.6 Å². The van der Waals surface area contributed by atoms with Gasteiger partial charge in [0.1, 0.15) is 5.82 Å². The van der Waals surface area contributed by atoms with Crippen LogP contribution in [-0.4, -0.2) is 10.7 Å². The van der Waals surface area contributed by atoms with Gasteiger partial charge in [0.05, 0.1) is 0 Å². The van der Waals surface area contributed by atoms with Crippen molar-refractivity contribution in [2.24, 2.45) is 0 Å². The number of halogens is 1. The summed E-state index contributed by atoms with van der Waals surface area (Å²) < 4.78 is 13.5. The van der Waals surface area contributed by atoms with Gasteiger partial charge in [-0.1, -0.05) is 6.07 Å². The van der Waals surface area contributed by atoms with Crippen molar-refractivity contribution in [2.75, 3.05) is 5.75 Å². The van der Waals surface area contributed by atoms with Crippen molar-refractivity contribution in [1.29, 1.82) is 0 Å². The average molecular weight is 288 g/mol. The van der Waals surface area contributed by atoms with Gasteiger partial charge in [0.15, 0.2) is 0 Å². The second-order valence-corrected chi connectivity index (χ2v) is 6.18. The molecule has 2 aromatic rings. The molecule has 0 saturated carbocycles. The number of thioether (sulfide) groups is 1. The van der Waals surface area contributed by atoms with E-state index < -0.39 is 0 Å². The van der Waals surface area contributed by atoms with Crippen LogP contribution >= 0.6 is 11.8 Å². The zero-order valence-electron chi connectivity index (χ0n) is 11.3. The number of hydrogen-bond acceptors (Lipinski definition) is 3. The second-order valence-electron chi connectivity index (χ2n) is 5.05. The van der Waals surface area contributed by atoms with Crippen LogP contribution in [-0.2, 0) is 0 Å². The summed E-state index contributed by atoms with van der Waals surface area (Å²) in [4.78, 5) is 5.34. The second kappa shape index (κ2) is 5.94.